The van der Waals surface area contributed by atoms with Crippen LogP contribution < -0.4 is 0 Å². The highest BCUT2D eigenvalue weighted by atomic mass is 16.4. The fraction of sp³-hybridized carbons (Fsp3) is 0.333. The van der Waals surface area contributed by atoms with Gasteiger partial charge < -0.3 is 9.52 Å². The number of carbonyl (C=O) groups is 1. The van der Waals surface area contributed by atoms with Crippen molar-refractivity contribution in [3.05, 3.63) is 52.7 Å². The summed E-state index contributed by atoms with van der Waals surface area (Å²) in [5.41, 5.74) is 2.27. The topological polar surface area (TPSA) is 66.6 Å². The van der Waals surface area contributed by atoms with Crippen LogP contribution in [0.25, 0.3) is 0 Å². The van der Waals surface area contributed by atoms with Gasteiger partial charge in [-0.1, -0.05) is 12.1 Å². The lowest BCUT2D eigenvalue weighted by Crippen LogP contribution is -2.17. The normalized spacial score (nSPS) is 11.0. The van der Waals surface area contributed by atoms with Gasteiger partial charge in [0.15, 0.2) is 0 Å². The first-order valence-electron chi connectivity index (χ1n) is 6.39. The number of carboxylic acids is 1. The summed E-state index contributed by atoms with van der Waals surface area (Å²) in [5, 5.41) is 8.85. The zero-order valence-corrected chi connectivity index (χ0v) is 11.9. The van der Waals surface area contributed by atoms with E-state index in [1.54, 1.807) is 12.1 Å². The molecule has 0 saturated heterocycles. The van der Waals surface area contributed by atoms with Crippen molar-refractivity contribution in [1.82, 2.24) is 9.88 Å². The highest BCUT2D eigenvalue weighted by Gasteiger charge is 2.09. The lowest BCUT2D eigenvalue weighted by molar-refractivity contribution is 0.0697. The number of hydrogen-bond acceptors (Lipinski definition) is 4. The fourth-order valence-electron chi connectivity index (χ4n) is 1.96. The molecule has 1 aromatic carbocycles. The summed E-state index contributed by atoms with van der Waals surface area (Å²) >= 11 is 0. The van der Waals surface area contributed by atoms with E-state index in [-0.39, 0.29) is 0 Å². The number of oxazole rings is 1. The predicted octanol–water partition coefficient (Wildman–Crippen LogP) is 2.62. The second kappa shape index (κ2) is 5.88. The van der Waals surface area contributed by atoms with E-state index in [0.29, 0.717) is 24.5 Å². The molecule has 2 aromatic rings. The lowest BCUT2D eigenvalue weighted by Gasteiger charge is -2.14. The number of hydrogen-bond donors (Lipinski definition) is 1. The number of rotatable bonds is 5. The predicted molar refractivity (Wildman–Crippen MR) is 74.5 cm³/mol. The minimum atomic E-state index is -0.907. The van der Waals surface area contributed by atoms with E-state index in [9.17, 15) is 4.79 Å². The molecule has 106 valence electrons. The van der Waals surface area contributed by atoms with Crippen LogP contribution in [0.2, 0.25) is 0 Å². The van der Waals surface area contributed by atoms with E-state index >= 15 is 0 Å². The Hall–Kier alpha value is -2.14. The Bertz CT molecular complexity index is 583. The summed E-state index contributed by atoms with van der Waals surface area (Å²) in [4.78, 5) is 17.2. The van der Waals surface area contributed by atoms with Crippen LogP contribution in [0, 0.1) is 13.8 Å². The van der Waals surface area contributed by atoms with Gasteiger partial charge in [0.1, 0.15) is 5.76 Å². The van der Waals surface area contributed by atoms with Crippen molar-refractivity contribution < 1.29 is 14.3 Å². The van der Waals surface area contributed by atoms with Crippen LogP contribution in [0.5, 0.6) is 0 Å². The maximum atomic E-state index is 10.8. The van der Waals surface area contributed by atoms with Gasteiger partial charge in [-0.3, -0.25) is 4.90 Å². The maximum absolute atomic E-state index is 10.8. The van der Waals surface area contributed by atoms with E-state index in [4.69, 9.17) is 9.52 Å². The third-order valence-electron chi connectivity index (χ3n) is 3.13. The molecule has 5 nitrogen and oxygen atoms in total. The van der Waals surface area contributed by atoms with Gasteiger partial charge in [-0.15, -0.1) is 0 Å². The maximum Gasteiger partial charge on any atom is 0.335 e. The molecule has 1 heterocycles. The summed E-state index contributed by atoms with van der Waals surface area (Å²) in [6.07, 6.45) is 0. The molecule has 0 aliphatic carbocycles. The summed E-state index contributed by atoms with van der Waals surface area (Å²) in [5.74, 6) is 0.638. The van der Waals surface area contributed by atoms with E-state index in [0.717, 1.165) is 17.0 Å². The molecule has 20 heavy (non-hydrogen) atoms. The number of carboxylic acid groups (broad SMARTS) is 1. The van der Waals surface area contributed by atoms with E-state index in [2.05, 4.69) is 9.88 Å². The Labute approximate surface area is 117 Å². The minimum absolute atomic E-state index is 0.301. The Morgan fingerprint density at radius 3 is 2.40 bits per heavy atom. The Morgan fingerprint density at radius 2 is 1.90 bits per heavy atom. The summed E-state index contributed by atoms with van der Waals surface area (Å²) in [6.45, 7) is 5.15. The Kier molecular flexibility index (Phi) is 4.20. The molecular weight excluding hydrogens is 256 g/mol. The van der Waals surface area contributed by atoms with Crippen molar-refractivity contribution in [2.75, 3.05) is 7.05 Å². The number of aromatic nitrogens is 1. The highest BCUT2D eigenvalue weighted by Crippen LogP contribution is 2.12. The first-order chi connectivity index (χ1) is 9.45. The second-order valence-corrected chi connectivity index (χ2v) is 4.92. The molecule has 0 unspecified atom stereocenters. The first kappa shape index (κ1) is 14.3. The van der Waals surface area contributed by atoms with Crippen LogP contribution in [-0.4, -0.2) is 28.0 Å². The molecule has 0 aliphatic heterocycles. The van der Waals surface area contributed by atoms with Gasteiger partial charge in [-0.2, -0.15) is 0 Å². The van der Waals surface area contributed by atoms with Crippen LogP contribution in [0.15, 0.2) is 28.7 Å². The summed E-state index contributed by atoms with van der Waals surface area (Å²) in [7, 11) is 1.97. The molecule has 0 aliphatic rings. The summed E-state index contributed by atoms with van der Waals surface area (Å²) < 4.78 is 5.54. The van der Waals surface area contributed by atoms with Crippen LogP contribution in [0.3, 0.4) is 0 Å². The minimum Gasteiger partial charge on any atom is -0.478 e. The molecule has 2 rings (SSSR count). The molecule has 0 spiro atoms. The van der Waals surface area contributed by atoms with E-state index < -0.39 is 5.97 Å². The smallest absolute Gasteiger partial charge is 0.335 e. The zero-order chi connectivity index (χ0) is 14.7. The zero-order valence-electron chi connectivity index (χ0n) is 11.9. The average Bonchev–Trinajstić information content (AvgIpc) is 2.68. The first-order valence-corrected chi connectivity index (χ1v) is 6.39. The van der Waals surface area contributed by atoms with Crippen molar-refractivity contribution in [3.63, 3.8) is 0 Å². The number of aromatic carboxylic acids is 1. The van der Waals surface area contributed by atoms with Gasteiger partial charge >= 0.3 is 5.97 Å². The fourth-order valence-corrected chi connectivity index (χ4v) is 1.96. The standard InChI is InChI=1S/C15H18N2O3/c1-10-11(2)20-14(16-10)9-17(3)8-12-4-6-13(7-5-12)15(18)19/h4-7H,8-9H2,1-3H3,(H,18,19). The number of benzene rings is 1. The third-order valence-corrected chi connectivity index (χ3v) is 3.13. The molecular formula is C15H18N2O3. The van der Waals surface area contributed by atoms with Crippen molar-refractivity contribution in [1.29, 1.82) is 0 Å². The quantitative estimate of drug-likeness (QED) is 0.907. The van der Waals surface area contributed by atoms with Gasteiger partial charge in [0, 0.05) is 6.54 Å². The van der Waals surface area contributed by atoms with Gasteiger partial charge in [0.05, 0.1) is 17.8 Å². The lowest BCUT2D eigenvalue weighted by atomic mass is 10.1. The SMILES string of the molecule is Cc1nc(CN(C)Cc2ccc(C(=O)O)cc2)oc1C. The van der Waals surface area contributed by atoms with Crippen LogP contribution >= 0.6 is 0 Å². The molecule has 0 atom stereocenters. The van der Waals surface area contributed by atoms with Crippen LogP contribution in [0.1, 0.15) is 33.3 Å². The largest absolute Gasteiger partial charge is 0.478 e. The van der Waals surface area contributed by atoms with Gasteiger partial charge in [0.2, 0.25) is 5.89 Å². The molecule has 0 saturated carbocycles. The van der Waals surface area contributed by atoms with Gasteiger partial charge in [-0.05, 0) is 38.6 Å². The molecule has 1 aromatic heterocycles. The molecule has 0 fully saturated rings. The van der Waals surface area contributed by atoms with E-state index in [1.807, 2.05) is 33.0 Å². The van der Waals surface area contributed by atoms with E-state index in [1.165, 1.54) is 0 Å². The summed E-state index contributed by atoms with van der Waals surface area (Å²) in [6, 6.07) is 6.88. The van der Waals surface area contributed by atoms with Gasteiger partial charge in [-0.25, -0.2) is 9.78 Å². The molecule has 0 radical (unpaired) electrons. The monoisotopic (exact) mass is 274 g/mol. The van der Waals surface area contributed by atoms with Crippen molar-refractivity contribution in [2.45, 2.75) is 26.9 Å². The van der Waals surface area contributed by atoms with Gasteiger partial charge in [0.25, 0.3) is 0 Å². The Morgan fingerprint density at radius 1 is 1.25 bits per heavy atom. The Balaban J connectivity index is 1.97. The van der Waals surface area contributed by atoms with Crippen LogP contribution in [-0.2, 0) is 13.1 Å². The van der Waals surface area contributed by atoms with Crippen molar-refractivity contribution in [3.8, 4) is 0 Å². The molecule has 0 amide bonds. The molecule has 5 heteroatoms. The highest BCUT2D eigenvalue weighted by molar-refractivity contribution is 5.87. The number of nitrogens with zero attached hydrogens (tertiary/aromatic N) is 2. The third kappa shape index (κ3) is 3.45. The average molecular weight is 274 g/mol. The van der Waals surface area contributed by atoms with Crippen LogP contribution in [0.4, 0.5) is 0 Å². The second-order valence-electron chi connectivity index (χ2n) is 4.92. The van der Waals surface area contributed by atoms with Crippen molar-refractivity contribution >= 4 is 5.97 Å². The van der Waals surface area contributed by atoms with Crippen molar-refractivity contribution in [2.24, 2.45) is 0 Å². The molecule has 1 N–H and O–H groups in total. The molecule has 0 bridgehead atoms. The number of aryl methyl sites for hydroxylation is 2.